The van der Waals surface area contributed by atoms with Crippen molar-refractivity contribution in [3.8, 4) is 0 Å². The van der Waals surface area contributed by atoms with Crippen LogP contribution < -0.4 is 0 Å². The summed E-state index contributed by atoms with van der Waals surface area (Å²) in [6.07, 6.45) is 2.88. The van der Waals surface area contributed by atoms with Crippen molar-refractivity contribution in [2.45, 2.75) is 46.5 Å². The van der Waals surface area contributed by atoms with Gasteiger partial charge in [-0.1, -0.05) is 20.3 Å². The molecule has 0 heterocycles. The van der Waals surface area contributed by atoms with E-state index >= 15 is 0 Å². The molecule has 3 nitrogen and oxygen atoms in total. The summed E-state index contributed by atoms with van der Waals surface area (Å²) in [4.78, 5) is 22.2. The van der Waals surface area contributed by atoms with Gasteiger partial charge in [-0.3, -0.25) is 4.79 Å². The lowest BCUT2D eigenvalue weighted by Gasteiger charge is -2.12. The fourth-order valence-corrected chi connectivity index (χ4v) is 1.18. The van der Waals surface area contributed by atoms with Gasteiger partial charge in [0.15, 0.2) is 0 Å². The van der Waals surface area contributed by atoms with Crippen molar-refractivity contribution in [1.29, 1.82) is 0 Å². The Bertz CT molecular complexity index is 187. The number of rotatable bonds is 7. The molecule has 0 aliphatic rings. The van der Waals surface area contributed by atoms with Crippen molar-refractivity contribution in [1.82, 2.24) is 0 Å². The van der Waals surface area contributed by atoms with Crippen molar-refractivity contribution >= 4 is 11.8 Å². The van der Waals surface area contributed by atoms with Crippen molar-refractivity contribution in [3.63, 3.8) is 0 Å². The largest absolute Gasteiger partial charge is 0.465 e. The van der Waals surface area contributed by atoms with Crippen LogP contribution in [0.1, 0.15) is 46.5 Å². The van der Waals surface area contributed by atoms with Gasteiger partial charge in [-0.15, -0.1) is 0 Å². The highest BCUT2D eigenvalue weighted by molar-refractivity contribution is 5.82. The van der Waals surface area contributed by atoms with Crippen molar-refractivity contribution in [2.75, 3.05) is 6.61 Å². The zero-order valence-electron chi connectivity index (χ0n) is 9.34. The number of ether oxygens (including phenoxy) is 1. The number of esters is 1. The Hall–Kier alpha value is -0.860. The molecule has 0 radical (unpaired) electrons. The van der Waals surface area contributed by atoms with Gasteiger partial charge in [-0.25, -0.2) is 0 Å². The van der Waals surface area contributed by atoms with Crippen molar-refractivity contribution < 1.29 is 14.3 Å². The molecular formula is C11H20O3. The van der Waals surface area contributed by atoms with Crippen LogP contribution in [0.2, 0.25) is 0 Å². The zero-order chi connectivity index (χ0) is 11.0. The fraction of sp³-hybridized carbons (Fsp3) is 0.818. The smallest absolute Gasteiger partial charge is 0.309 e. The molecular weight excluding hydrogens is 180 g/mol. The van der Waals surface area contributed by atoms with Crippen LogP contribution in [-0.4, -0.2) is 18.4 Å². The normalized spacial score (nSPS) is 12.2. The molecule has 0 aliphatic carbocycles. The molecule has 0 saturated carbocycles. The molecule has 0 N–H and O–H groups in total. The van der Waals surface area contributed by atoms with Crippen LogP contribution in [-0.2, 0) is 14.3 Å². The molecule has 82 valence electrons. The number of Topliss-reactive ketones (excluding diaryl/α,β-unsaturated/α-hetero) is 1. The molecule has 0 saturated heterocycles. The molecule has 0 spiro atoms. The van der Waals surface area contributed by atoms with Gasteiger partial charge in [0.25, 0.3) is 0 Å². The lowest BCUT2D eigenvalue weighted by Crippen LogP contribution is -2.20. The summed E-state index contributed by atoms with van der Waals surface area (Å²) in [6.45, 7) is 5.92. The highest BCUT2D eigenvalue weighted by atomic mass is 16.5. The van der Waals surface area contributed by atoms with Crippen LogP contribution in [0.5, 0.6) is 0 Å². The number of hydrogen-bond acceptors (Lipinski definition) is 3. The van der Waals surface area contributed by atoms with Gasteiger partial charge in [-0.05, 0) is 19.8 Å². The first-order valence-corrected chi connectivity index (χ1v) is 5.27. The molecule has 0 aliphatic heterocycles. The minimum absolute atomic E-state index is 0.0456. The molecule has 0 fully saturated rings. The lowest BCUT2D eigenvalue weighted by molar-refractivity contribution is -0.150. The molecule has 3 heteroatoms. The average molecular weight is 200 g/mol. The van der Waals surface area contributed by atoms with E-state index in [-0.39, 0.29) is 17.7 Å². The van der Waals surface area contributed by atoms with Crippen LogP contribution in [0.15, 0.2) is 0 Å². The first-order valence-electron chi connectivity index (χ1n) is 5.27. The molecule has 0 aromatic rings. The summed E-state index contributed by atoms with van der Waals surface area (Å²) in [6, 6.07) is 0. The van der Waals surface area contributed by atoms with Gasteiger partial charge < -0.3 is 9.53 Å². The summed E-state index contributed by atoms with van der Waals surface area (Å²) >= 11 is 0. The minimum atomic E-state index is -0.246. The third-order valence-corrected chi connectivity index (χ3v) is 2.10. The predicted molar refractivity (Wildman–Crippen MR) is 54.9 cm³/mol. The topological polar surface area (TPSA) is 43.4 Å². The summed E-state index contributed by atoms with van der Waals surface area (Å²) in [5, 5.41) is 0. The highest BCUT2D eigenvalue weighted by Crippen LogP contribution is 2.11. The molecule has 14 heavy (non-hydrogen) atoms. The highest BCUT2D eigenvalue weighted by Gasteiger charge is 2.19. The Morgan fingerprint density at radius 3 is 2.36 bits per heavy atom. The van der Waals surface area contributed by atoms with E-state index in [2.05, 4.69) is 0 Å². The predicted octanol–water partition coefficient (Wildman–Crippen LogP) is 2.33. The quantitative estimate of drug-likeness (QED) is 0.468. The zero-order valence-corrected chi connectivity index (χ0v) is 9.34. The third-order valence-electron chi connectivity index (χ3n) is 2.10. The number of unbranched alkanes of at least 4 members (excludes halogenated alkanes) is 1. The van der Waals surface area contributed by atoms with E-state index in [1.54, 1.807) is 0 Å². The van der Waals surface area contributed by atoms with Gasteiger partial charge in [0, 0.05) is 6.42 Å². The molecule has 1 unspecified atom stereocenters. The second-order valence-electron chi connectivity index (χ2n) is 3.53. The number of carbonyl (C=O) groups is 2. The Kier molecular flexibility index (Phi) is 7.07. The van der Waals surface area contributed by atoms with E-state index in [0.29, 0.717) is 19.4 Å². The van der Waals surface area contributed by atoms with Gasteiger partial charge in [-0.2, -0.15) is 0 Å². The van der Waals surface area contributed by atoms with Crippen molar-refractivity contribution in [3.05, 3.63) is 0 Å². The molecule has 0 rings (SSSR count). The van der Waals surface area contributed by atoms with E-state index in [1.807, 2.05) is 13.8 Å². The summed E-state index contributed by atoms with van der Waals surface area (Å²) < 4.78 is 5.05. The monoisotopic (exact) mass is 200 g/mol. The summed E-state index contributed by atoms with van der Waals surface area (Å²) in [5.41, 5.74) is 0. The fourth-order valence-electron chi connectivity index (χ4n) is 1.18. The number of hydrogen-bond donors (Lipinski definition) is 0. The SMILES string of the molecule is CCCCOC(=O)C(CC)CC(C)=O. The van der Waals surface area contributed by atoms with Crippen LogP contribution in [0.25, 0.3) is 0 Å². The molecule has 1 atom stereocenters. The van der Waals surface area contributed by atoms with Gasteiger partial charge >= 0.3 is 5.97 Å². The van der Waals surface area contributed by atoms with Crippen LogP contribution >= 0.6 is 0 Å². The maximum atomic E-state index is 11.4. The first kappa shape index (κ1) is 13.1. The van der Waals surface area contributed by atoms with Gasteiger partial charge in [0.05, 0.1) is 12.5 Å². The van der Waals surface area contributed by atoms with E-state index < -0.39 is 0 Å². The second-order valence-corrected chi connectivity index (χ2v) is 3.53. The van der Waals surface area contributed by atoms with E-state index in [9.17, 15) is 9.59 Å². The van der Waals surface area contributed by atoms with Crippen LogP contribution in [0.3, 0.4) is 0 Å². The summed E-state index contributed by atoms with van der Waals surface area (Å²) in [5.74, 6) is -0.426. The molecule has 0 aromatic carbocycles. The average Bonchev–Trinajstić information content (AvgIpc) is 2.14. The lowest BCUT2D eigenvalue weighted by atomic mass is 10.0. The number of carbonyl (C=O) groups excluding carboxylic acids is 2. The molecule has 0 aromatic heterocycles. The maximum Gasteiger partial charge on any atom is 0.309 e. The van der Waals surface area contributed by atoms with Gasteiger partial charge in [0.1, 0.15) is 5.78 Å². The van der Waals surface area contributed by atoms with Crippen LogP contribution in [0.4, 0.5) is 0 Å². The Labute approximate surface area is 85.8 Å². The summed E-state index contributed by atoms with van der Waals surface area (Å²) in [7, 11) is 0. The third kappa shape index (κ3) is 5.73. The standard InChI is InChI=1S/C11H20O3/c1-4-6-7-14-11(13)10(5-2)8-9(3)12/h10H,4-8H2,1-3H3. The maximum absolute atomic E-state index is 11.4. The van der Waals surface area contributed by atoms with Crippen LogP contribution in [0, 0.1) is 5.92 Å². The van der Waals surface area contributed by atoms with E-state index in [4.69, 9.17) is 4.74 Å². The van der Waals surface area contributed by atoms with Gasteiger partial charge in [0.2, 0.25) is 0 Å². The molecule has 0 amide bonds. The van der Waals surface area contributed by atoms with Crippen molar-refractivity contribution in [2.24, 2.45) is 5.92 Å². The Morgan fingerprint density at radius 2 is 1.93 bits per heavy atom. The Morgan fingerprint density at radius 1 is 1.29 bits per heavy atom. The minimum Gasteiger partial charge on any atom is -0.465 e. The van der Waals surface area contributed by atoms with E-state index in [1.165, 1.54) is 6.92 Å². The van der Waals surface area contributed by atoms with E-state index in [0.717, 1.165) is 12.8 Å². The Balaban J connectivity index is 3.85. The second kappa shape index (κ2) is 7.54. The first-order chi connectivity index (χ1) is 6.61. The molecule has 0 bridgehead atoms. The number of ketones is 1.